The quantitative estimate of drug-likeness (QED) is 0.870. The van der Waals surface area contributed by atoms with E-state index in [0.717, 1.165) is 50.4 Å². The highest BCUT2D eigenvalue weighted by Crippen LogP contribution is 2.33. The molecule has 2 aliphatic rings. The van der Waals surface area contributed by atoms with Crippen molar-refractivity contribution in [2.45, 2.75) is 25.4 Å². The smallest absolute Gasteiger partial charge is 0.119 e. The number of fused-ring (bicyclic) bond motifs is 1. The van der Waals surface area contributed by atoms with Crippen LogP contribution in [0.25, 0.3) is 0 Å². The molecule has 1 aromatic rings. The lowest BCUT2D eigenvalue weighted by molar-refractivity contribution is 0.167. The summed E-state index contributed by atoms with van der Waals surface area (Å²) in [4.78, 5) is 0. The van der Waals surface area contributed by atoms with E-state index < -0.39 is 0 Å². The van der Waals surface area contributed by atoms with E-state index in [2.05, 4.69) is 6.07 Å². The van der Waals surface area contributed by atoms with Gasteiger partial charge in [0.1, 0.15) is 5.75 Å². The van der Waals surface area contributed by atoms with Crippen molar-refractivity contribution in [1.29, 1.82) is 0 Å². The molecule has 3 nitrogen and oxygen atoms in total. The monoisotopic (exact) mass is 234 g/mol. The number of benzene rings is 1. The molecule has 1 aliphatic carbocycles. The average molecular weight is 234 g/mol. The summed E-state index contributed by atoms with van der Waals surface area (Å²) in [6, 6.07) is 6.03. The fourth-order valence-corrected chi connectivity index (χ4v) is 2.59. The first kappa shape index (κ1) is 11.1. The Balaban J connectivity index is 1.64. The van der Waals surface area contributed by atoms with Gasteiger partial charge in [0.2, 0.25) is 0 Å². The Hall–Kier alpha value is -1.06. The third-order valence-electron chi connectivity index (χ3n) is 3.67. The first-order chi connectivity index (χ1) is 8.33. The zero-order valence-electron chi connectivity index (χ0n) is 9.89. The fraction of sp³-hybridized carbons (Fsp3) is 0.571. The normalized spacial score (nSPS) is 27.1. The highest BCUT2D eigenvalue weighted by atomic mass is 16.5. The number of ether oxygens (including phenoxy) is 2. The van der Waals surface area contributed by atoms with Crippen molar-refractivity contribution in [2.75, 3.05) is 19.8 Å². The Bertz CT molecular complexity index is 396. The largest absolute Gasteiger partial charge is 0.493 e. The second kappa shape index (κ2) is 4.67. The molecule has 1 heterocycles. The zero-order chi connectivity index (χ0) is 11.7. The third kappa shape index (κ3) is 2.31. The van der Waals surface area contributed by atoms with Gasteiger partial charge in [0.15, 0.2) is 0 Å². The summed E-state index contributed by atoms with van der Waals surface area (Å²) in [5.74, 6) is 1.46. The van der Waals surface area contributed by atoms with Crippen LogP contribution in [0.1, 0.15) is 30.1 Å². The number of rotatable bonds is 3. The Morgan fingerprint density at radius 2 is 2.29 bits per heavy atom. The number of aliphatic hydroxyl groups is 1. The summed E-state index contributed by atoms with van der Waals surface area (Å²) in [5, 5.41) is 9.72. The fourth-order valence-electron chi connectivity index (χ4n) is 2.59. The molecule has 0 saturated carbocycles. The molecule has 17 heavy (non-hydrogen) atoms. The van der Waals surface area contributed by atoms with E-state index in [4.69, 9.17) is 9.47 Å². The molecule has 0 radical (unpaired) electrons. The van der Waals surface area contributed by atoms with E-state index in [1.807, 2.05) is 12.1 Å². The second-order valence-corrected chi connectivity index (χ2v) is 4.96. The van der Waals surface area contributed by atoms with Gasteiger partial charge in [-0.3, -0.25) is 0 Å². The molecule has 3 rings (SSSR count). The maximum atomic E-state index is 9.72. The Kier molecular flexibility index (Phi) is 3.04. The minimum Gasteiger partial charge on any atom is -0.493 e. The lowest BCUT2D eigenvalue weighted by Crippen LogP contribution is -2.11. The van der Waals surface area contributed by atoms with E-state index in [1.54, 1.807) is 0 Å². The Morgan fingerprint density at radius 1 is 1.35 bits per heavy atom. The molecule has 1 N–H and O–H groups in total. The van der Waals surface area contributed by atoms with Crippen molar-refractivity contribution in [3.63, 3.8) is 0 Å². The standard InChI is InChI=1S/C14H18O3/c15-14-4-1-11-7-12(2-3-13(11)14)17-9-10-5-6-16-8-10/h2-3,7,10,14-15H,1,4-6,8-9H2/t10?,14-/m0/s1. The molecular weight excluding hydrogens is 216 g/mol. The Morgan fingerprint density at radius 3 is 3.12 bits per heavy atom. The van der Waals surface area contributed by atoms with Gasteiger partial charge in [-0.15, -0.1) is 0 Å². The summed E-state index contributed by atoms with van der Waals surface area (Å²) in [5.41, 5.74) is 2.30. The van der Waals surface area contributed by atoms with Crippen LogP contribution in [0, 0.1) is 5.92 Å². The summed E-state index contributed by atoms with van der Waals surface area (Å²) in [6.45, 7) is 2.43. The zero-order valence-corrected chi connectivity index (χ0v) is 9.89. The molecule has 0 bridgehead atoms. The summed E-state index contributed by atoms with van der Waals surface area (Å²) in [7, 11) is 0. The van der Waals surface area contributed by atoms with Crippen molar-refractivity contribution in [3.05, 3.63) is 29.3 Å². The third-order valence-corrected chi connectivity index (χ3v) is 3.67. The Labute approximate surface area is 101 Å². The molecule has 0 amide bonds. The van der Waals surface area contributed by atoms with E-state index in [1.165, 1.54) is 5.56 Å². The van der Waals surface area contributed by atoms with Gasteiger partial charge in [0, 0.05) is 12.5 Å². The van der Waals surface area contributed by atoms with Crippen molar-refractivity contribution >= 4 is 0 Å². The molecule has 92 valence electrons. The molecule has 1 fully saturated rings. The van der Waals surface area contributed by atoms with E-state index in [-0.39, 0.29) is 6.10 Å². The van der Waals surface area contributed by atoms with Crippen molar-refractivity contribution < 1.29 is 14.6 Å². The van der Waals surface area contributed by atoms with Gasteiger partial charge < -0.3 is 14.6 Å². The molecule has 1 aliphatic heterocycles. The second-order valence-electron chi connectivity index (χ2n) is 4.96. The van der Waals surface area contributed by atoms with Crippen LogP contribution in [-0.4, -0.2) is 24.9 Å². The van der Waals surface area contributed by atoms with Gasteiger partial charge in [-0.2, -0.15) is 0 Å². The van der Waals surface area contributed by atoms with E-state index in [0.29, 0.717) is 5.92 Å². The van der Waals surface area contributed by atoms with Crippen LogP contribution in [-0.2, 0) is 11.2 Å². The van der Waals surface area contributed by atoms with Gasteiger partial charge >= 0.3 is 0 Å². The molecule has 1 aromatic carbocycles. The van der Waals surface area contributed by atoms with Crippen molar-refractivity contribution in [1.82, 2.24) is 0 Å². The summed E-state index contributed by atoms with van der Waals surface area (Å²) < 4.78 is 11.1. The number of aliphatic hydroxyl groups excluding tert-OH is 1. The van der Waals surface area contributed by atoms with Crippen LogP contribution < -0.4 is 4.74 Å². The number of hydrogen-bond donors (Lipinski definition) is 1. The maximum absolute atomic E-state index is 9.72. The van der Waals surface area contributed by atoms with Gasteiger partial charge in [-0.25, -0.2) is 0 Å². The molecule has 3 heteroatoms. The lowest BCUT2D eigenvalue weighted by Gasteiger charge is -2.11. The summed E-state index contributed by atoms with van der Waals surface area (Å²) in [6.07, 6.45) is 2.63. The van der Waals surface area contributed by atoms with Crippen LogP contribution in [0.3, 0.4) is 0 Å². The highest BCUT2D eigenvalue weighted by Gasteiger charge is 2.21. The number of aryl methyl sites for hydroxylation is 1. The molecule has 1 saturated heterocycles. The predicted molar refractivity (Wildman–Crippen MR) is 64.1 cm³/mol. The molecule has 2 atom stereocenters. The van der Waals surface area contributed by atoms with Gasteiger partial charge in [-0.05, 0) is 42.5 Å². The SMILES string of the molecule is O[C@H]1CCc2cc(OCC3CCOC3)ccc21. The van der Waals surface area contributed by atoms with Crippen LogP contribution in [0.15, 0.2) is 18.2 Å². The average Bonchev–Trinajstić information content (AvgIpc) is 2.97. The molecule has 1 unspecified atom stereocenters. The van der Waals surface area contributed by atoms with Crippen molar-refractivity contribution in [2.24, 2.45) is 5.92 Å². The molecular formula is C14H18O3. The van der Waals surface area contributed by atoms with Gasteiger partial charge in [-0.1, -0.05) is 6.07 Å². The minimum atomic E-state index is -0.276. The van der Waals surface area contributed by atoms with E-state index in [9.17, 15) is 5.11 Å². The van der Waals surface area contributed by atoms with E-state index >= 15 is 0 Å². The van der Waals surface area contributed by atoms with Gasteiger partial charge in [0.25, 0.3) is 0 Å². The minimum absolute atomic E-state index is 0.276. The van der Waals surface area contributed by atoms with Crippen LogP contribution in [0.5, 0.6) is 5.75 Å². The number of hydrogen-bond acceptors (Lipinski definition) is 3. The first-order valence-corrected chi connectivity index (χ1v) is 6.34. The topological polar surface area (TPSA) is 38.7 Å². The van der Waals surface area contributed by atoms with Crippen LogP contribution in [0.4, 0.5) is 0 Å². The van der Waals surface area contributed by atoms with Gasteiger partial charge in [0.05, 0.1) is 19.3 Å². The molecule has 0 aromatic heterocycles. The van der Waals surface area contributed by atoms with Crippen molar-refractivity contribution in [3.8, 4) is 5.75 Å². The predicted octanol–water partition coefficient (Wildman–Crippen LogP) is 2.08. The van der Waals surface area contributed by atoms with Crippen LogP contribution in [0.2, 0.25) is 0 Å². The highest BCUT2D eigenvalue weighted by molar-refractivity contribution is 5.39. The molecule has 0 spiro atoms. The summed E-state index contributed by atoms with van der Waals surface area (Å²) >= 11 is 0. The first-order valence-electron chi connectivity index (χ1n) is 6.34. The lowest BCUT2D eigenvalue weighted by atomic mass is 10.1. The van der Waals surface area contributed by atoms with Crippen LogP contribution >= 0.6 is 0 Å². The maximum Gasteiger partial charge on any atom is 0.119 e.